The van der Waals surface area contributed by atoms with Crippen LogP contribution in [0.25, 0.3) is 11.3 Å². The summed E-state index contributed by atoms with van der Waals surface area (Å²) in [6.45, 7) is 2.00. The number of ether oxygens (including phenoxy) is 1. The Hall–Kier alpha value is -2.34. The number of aliphatic hydroxyl groups excluding tert-OH is 3. The molecule has 0 bridgehead atoms. The Morgan fingerprint density at radius 3 is 2.67 bits per heavy atom. The van der Waals surface area contributed by atoms with Crippen molar-refractivity contribution in [1.29, 1.82) is 0 Å². The smallest absolute Gasteiger partial charge is 0.351 e. The van der Waals surface area contributed by atoms with E-state index in [1.807, 2.05) is 6.92 Å². The lowest BCUT2D eigenvalue weighted by Gasteiger charge is -2.18. The zero-order valence-corrected chi connectivity index (χ0v) is 12.8. The summed E-state index contributed by atoms with van der Waals surface area (Å²) < 4.78 is 7.94. The molecule has 0 aromatic carbocycles. The van der Waals surface area contributed by atoms with E-state index in [4.69, 9.17) is 15.6 Å². The third kappa shape index (κ3) is 2.67. The summed E-state index contributed by atoms with van der Waals surface area (Å²) in [6, 6.07) is 0. The van der Waals surface area contributed by atoms with Crippen molar-refractivity contribution < 1.29 is 20.1 Å². The predicted molar refractivity (Wildman–Crippen MR) is 80.6 cm³/mol. The van der Waals surface area contributed by atoms with Gasteiger partial charge in [0.2, 0.25) is 0 Å². The Kier molecular flexibility index (Phi) is 4.32. The number of hydrogen-bond donors (Lipinski definition) is 4. The molecule has 3 heterocycles. The third-order valence-electron chi connectivity index (χ3n) is 3.91. The number of rotatable bonds is 4. The summed E-state index contributed by atoms with van der Waals surface area (Å²) in [4.78, 5) is 15.8. The van der Waals surface area contributed by atoms with Crippen molar-refractivity contribution in [2.24, 2.45) is 0 Å². The van der Waals surface area contributed by atoms with Crippen LogP contribution in [-0.4, -0.2) is 64.8 Å². The van der Waals surface area contributed by atoms with Gasteiger partial charge in [-0.2, -0.15) is 4.98 Å². The molecule has 1 fully saturated rings. The highest BCUT2D eigenvalue weighted by molar-refractivity contribution is 5.68. The van der Waals surface area contributed by atoms with Gasteiger partial charge in [0.05, 0.1) is 18.4 Å². The van der Waals surface area contributed by atoms with Gasteiger partial charge in [-0.15, -0.1) is 5.10 Å². The molecule has 0 spiro atoms. The topological polar surface area (TPSA) is 162 Å². The van der Waals surface area contributed by atoms with Crippen molar-refractivity contribution in [2.75, 3.05) is 12.3 Å². The highest BCUT2D eigenvalue weighted by Crippen LogP contribution is 2.30. The Morgan fingerprint density at radius 1 is 1.33 bits per heavy atom. The lowest BCUT2D eigenvalue weighted by molar-refractivity contribution is -0.0548. The van der Waals surface area contributed by atoms with Crippen molar-refractivity contribution >= 4 is 5.82 Å². The van der Waals surface area contributed by atoms with Crippen molar-refractivity contribution in [1.82, 2.24) is 24.5 Å². The Morgan fingerprint density at radius 2 is 2.08 bits per heavy atom. The number of anilines is 1. The molecular weight excluding hydrogens is 320 g/mol. The molecule has 2 aromatic heterocycles. The maximum absolute atomic E-state index is 12.1. The highest BCUT2D eigenvalue weighted by atomic mass is 16.6. The van der Waals surface area contributed by atoms with Gasteiger partial charge in [0.15, 0.2) is 6.23 Å². The van der Waals surface area contributed by atoms with E-state index in [1.54, 1.807) is 10.9 Å². The van der Waals surface area contributed by atoms with E-state index in [9.17, 15) is 15.0 Å². The summed E-state index contributed by atoms with van der Waals surface area (Å²) in [5, 5.41) is 36.9. The standard InChI is InChI=1S/C13H18N6O5/c1-2-18-4-7(16-17-18)6-3-19(13(23)15-11(6)14)12-10(22)9(21)8(5-20)24-12/h3-4,8-10,12,20-22H,2,5H2,1H3,(H2,14,15,23). The Balaban J connectivity index is 2.03. The molecule has 24 heavy (non-hydrogen) atoms. The lowest BCUT2D eigenvalue weighted by atomic mass is 10.1. The first-order valence-electron chi connectivity index (χ1n) is 7.37. The van der Waals surface area contributed by atoms with E-state index in [0.29, 0.717) is 17.8 Å². The number of hydrogen-bond acceptors (Lipinski definition) is 9. The number of aliphatic hydroxyl groups is 3. The van der Waals surface area contributed by atoms with Crippen LogP contribution in [0.3, 0.4) is 0 Å². The minimum atomic E-state index is -1.40. The molecule has 1 aliphatic heterocycles. The van der Waals surface area contributed by atoms with Crippen LogP contribution in [-0.2, 0) is 11.3 Å². The molecule has 0 saturated carbocycles. The number of nitrogens with two attached hydrogens (primary N) is 1. The van der Waals surface area contributed by atoms with Crippen LogP contribution >= 0.6 is 0 Å². The average Bonchev–Trinajstić information content (AvgIpc) is 3.14. The number of aryl methyl sites for hydroxylation is 1. The van der Waals surface area contributed by atoms with Crippen LogP contribution in [0, 0.1) is 0 Å². The molecule has 3 rings (SSSR count). The monoisotopic (exact) mass is 338 g/mol. The van der Waals surface area contributed by atoms with Crippen molar-refractivity contribution in [2.45, 2.75) is 38.0 Å². The van der Waals surface area contributed by atoms with Gasteiger partial charge in [-0.05, 0) is 6.92 Å². The van der Waals surface area contributed by atoms with E-state index in [2.05, 4.69) is 15.3 Å². The van der Waals surface area contributed by atoms with E-state index >= 15 is 0 Å². The number of aromatic nitrogens is 5. The number of nitrogen functional groups attached to an aromatic ring is 1. The second kappa shape index (κ2) is 6.28. The fraction of sp³-hybridized carbons (Fsp3) is 0.538. The van der Waals surface area contributed by atoms with Gasteiger partial charge in [0.1, 0.15) is 29.8 Å². The molecule has 11 heteroatoms. The second-order valence-corrected chi connectivity index (χ2v) is 5.42. The van der Waals surface area contributed by atoms with E-state index in [1.165, 1.54) is 6.20 Å². The largest absolute Gasteiger partial charge is 0.394 e. The quantitative estimate of drug-likeness (QED) is 0.481. The fourth-order valence-corrected chi connectivity index (χ4v) is 2.55. The minimum Gasteiger partial charge on any atom is -0.394 e. The summed E-state index contributed by atoms with van der Waals surface area (Å²) in [5.41, 5.74) is 5.78. The molecule has 130 valence electrons. The molecule has 0 radical (unpaired) electrons. The summed E-state index contributed by atoms with van der Waals surface area (Å²) >= 11 is 0. The van der Waals surface area contributed by atoms with Crippen molar-refractivity contribution in [3.8, 4) is 11.3 Å². The van der Waals surface area contributed by atoms with Gasteiger partial charge in [0, 0.05) is 12.7 Å². The zero-order valence-electron chi connectivity index (χ0n) is 12.8. The first-order valence-corrected chi connectivity index (χ1v) is 7.37. The molecular formula is C13H18N6O5. The SMILES string of the molecule is CCn1cc(-c2cn(C3OC(CO)C(O)C3O)c(=O)nc2N)nn1. The van der Waals surface area contributed by atoms with Gasteiger partial charge >= 0.3 is 5.69 Å². The zero-order chi connectivity index (χ0) is 17.4. The summed E-state index contributed by atoms with van der Waals surface area (Å²) in [6.07, 6.45) is -1.94. The molecule has 1 saturated heterocycles. The molecule has 4 unspecified atom stereocenters. The molecule has 1 aliphatic rings. The first kappa shape index (κ1) is 16.5. The highest BCUT2D eigenvalue weighted by Gasteiger charge is 2.44. The summed E-state index contributed by atoms with van der Waals surface area (Å²) in [5.74, 6) is -0.0360. The minimum absolute atomic E-state index is 0.0360. The third-order valence-corrected chi connectivity index (χ3v) is 3.91. The fourth-order valence-electron chi connectivity index (χ4n) is 2.55. The number of nitrogens with zero attached hydrogens (tertiary/aromatic N) is 5. The molecule has 2 aromatic rings. The normalized spacial score (nSPS) is 26.8. The van der Waals surface area contributed by atoms with Crippen LogP contribution in [0.2, 0.25) is 0 Å². The molecule has 11 nitrogen and oxygen atoms in total. The lowest BCUT2D eigenvalue weighted by Crippen LogP contribution is -2.36. The van der Waals surface area contributed by atoms with Crippen LogP contribution < -0.4 is 11.4 Å². The van der Waals surface area contributed by atoms with Gasteiger partial charge < -0.3 is 25.8 Å². The van der Waals surface area contributed by atoms with Crippen molar-refractivity contribution in [3.63, 3.8) is 0 Å². The van der Waals surface area contributed by atoms with E-state index < -0.39 is 36.8 Å². The molecule has 0 aliphatic carbocycles. The van der Waals surface area contributed by atoms with Crippen LogP contribution in [0.5, 0.6) is 0 Å². The molecule has 4 atom stereocenters. The van der Waals surface area contributed by atoms with Crippen LogP contribution in [0.4, 0.5) is 5.82 Å². The van der Waals surface area contributed by atoms with E-state index in [-0.39, 0.29) is 5.82 Å². The first-order chi connectivity index (χ1) is 11.5. The summed E-state index contributed by atoms with van der Waals surface area (Å²) in [7, 11) is 0. The molecule has 0 amide bonds. The van der Waals surface area contributed by atoms with Gasteiger partial charge in [-0.1, -0.05) is 5.21 Å². The van der Waals surface area contributed by atoms with Crippen LogP contribution in [0.15, 0.2) is 17.2 Å². The molecule has 5 N–H and O–H groups in total. The van der Waals surface area contributed by atoms with Crippen molar-refractivity contribution in [3.05, 3.63) is 22.9 Å². The maximum Gasteiger partial charge on any atom is 0.351 e. The maximum atomic E-state index is 12.1. The van der Waals surface area contributed by atoms with Gasteiger partial charge in [0.25, 0.3) is 0 Å². The predicted octanol–water partition coefficient (Wildman–Crippen LogP) is -2.28. The van der Waals surface area contributed by atoms with Gasteiger partial charge in [-0.3, -0.25) is 9.25 Å². The average molecular weight is 338 g/mol. The van der Waals surface area contributed by atoms with Gasteiger partial charge in [-0.25, -0.2) is 4.79 Å². The second-order valence-electron chi connectivity index (χ2n) is 5.42. The van der Waals surface area contributed by atoms with E-state index in [0.717, 1.165) is 4.57 Å². The Labute approximate surface area is 135 Å². The Bertz CT molecular complexity index is 789. The van der Waals surface area contributed by atoms with Crippen LogP contribution in [0.1, 0.15) is 13.2 Å².